The highest BCUT2D eigenvalue weighted by Crippen LogP contribution is 2.29. The number of alkyl halides is 3. The largest absolute Gasteiger partial charge is 0.480 e. The van der Waals surface area contributed by atoms with Gasteiger partial charge in [-0.15, -0.1) is 0 Å². The van der Waals surface area contributed by atoms with Crippen LogP contribution in [0.1, 0.15) is 44.0 Å². The van der Waals surface area contributed by atoms with Crippen molar-refractivity contribution < 1.29 is 27.9 Å². The fourth-order valence-electron chi connectivity index (χ4n) is 3.20. The van der Waals surface area contributed by atoms with Gasteiger partial charge in [-0.2, -0.15) is 13.2 Å². The lowest BCUT2D eigenvalue weighted by Gasteiger charge is -2.23. The number of hydrogen-bond donors (Lipinski definition) is 2. The number of aromatic nitrogens is 2. The van der Waals surface area contributed by atoms with Gasteiger partial charge in [0, 0.05) is 24.9 Å². The number of imidazole rings is 1. The lowest BCUT2D eigenvalue weighted by molar-refractivity contribution is -0.140. The Morgan fingerprint density at radius 1 is 1.23 bits per heavy atom. The van der Waals surface area contributed by atoms with E-state index in [0.29, 0.717) is 17.7 Å². The minimum absolute atomic E-state index is 0.0379. The Bertz CT molecular complexity index is 878. The molecule has 6 nitrogen and oxygen atoms in total. The number of ketones is 1. The van der Waals surface area contributed by atoms with E-state index in [4.69, 9.17) is 0 Å². The first kappa shape index (κ1) is 23.6. The van der Waals surface area contributed by atoms with Crippen molar-refractivity contribution in [2.45, 2.75) is 58.4 Å². The van der Waals surface area contributed by atoms with Crippen LogP contribution < -0.4 is 5.32 Å². The summed E-state index contributed by atoms with van der Waals surface area (Å²) in [5.74, 6) is -1.06. The van der Waals surface area contributed by atoms with Crippen molar-refractivity contribution in [3.05, 3.63) is 53.6 Å². The minimum atomic E-state index is -4.44. The van der Waals surface area contributed by atoms with Crippen molar-refractivity contribution in [1.82, 2.24) is 14.9 Å². The Morgan fingerprint density at radius 2 is 1.93 bits per heavy atom. The molecule has 0 aliphatic heterocycles. The van der Waals surface area contributed by atoms with E-state index in [9.17, 15) is 27.9 Å². The molecule has 0 aliphatic carbocycles. The van der Waals surface area contributed by atoms with Gasteiger partial charge in [-0.3, -0.25) is 14.9 Å². The summed E-state index contributed by atoms with van der Waals surface area (Å²) >= 11 is 0. The first-order valence-electron chi connectivity index (χ1n) is 9.61. The number of carbonyl (C=O) groups is 2. The fraction of sp³-hybridized carbons (Fsp3) is 0.476. The third-order valence-corrected chi connectivity index (χ3v) is 4.72. The van der Waals surface area contributed by atoms with E-state index >= 15 is 0 Å². The van der Waals surface area contributed by atoms with Crippen molar-refractivity contribution in [1.29, 1.82) is 0 Å². The summed E-state index contributed by atoms with van der Waals surface area (Å²) in [5.41, 5.74) is 0.217. The highest BCUT2D eigenvalue weighted by atomic mass is 19.4. The first-order valence-corrected chi connectivity index (χ1v) is 9.61. The second kappa shape index (κ2) is 9.88. The van der Waals surface area contributed by atoms with Gasteiger partial charge in [-0.05, 0) is 37.0 Å². The van der Waals surface area contributed by atoms with Gasteiger partial charge in [0.2, 0.25) is 0 Å². The van der Waals surface area contributed by atoms with Crippen LogP contribution in [-0.4, -0.2) is 38.5 Å². The monoisotopic (exact) mass is 425 g/mol. The van der Waals surface area contributed by atoms with E-state index in [-0.39, 0.29) is 24.7 Å². The van der Waals surface area contributed by atoms with E-state index in [1.165, 1.54) is 25.5 Å². The van der Waals surface area contributed by atoms with Crippen molar-refractivity contribution in [3.63, 3.8) is 0 Å². The topological polar surface area (TPSA) is 84.2 Å². The summed E-state index contributed by atoms with van der Waals surface area (Å²) in [6, 6.07) is 3.34. The molecule has 1 aromatic heterocycles. The van der Waals surface area contributed by atoms with E-state index in [0.717, 1.165) is 12.1 Å². The molecule has 2 rings (SSSR count). The molecule has 30 heavy (non-hydrogen) atoms. The lowest BCUT2D eigenvalue weighted by atomic mass is 9.99. The van der Waals surface area contributed by atoms with Crippen molar-refractivity contribution in [2.24, 2.45) is 5.92 Å². The van der Waals surface area contributed by atoms with Gasteiger partial charge in [0.15, 0.2) is 0 Å². The van der Waals surface area contributed by atoms with Gasteiger partial charge in [0.05, 0.1) is 17.9 Å². The maximum Gasteiger partial charge on any atom is 0.416 e. The smallest absolute Gasteiger partial charge is 0.416 e. The number of carbonyl (C=O) groups excluding carboxylic acids is 1. The zero-order valence-electron chi connectivity index (χ0n) is 17.1. The third kappa shape index (κ3) is 6.69. The van der Waals surface area contributed by atoms with Crippen LogP contribution in [0, 0.1) is 5.92 Å². The molecule has 0 fully saturated rings. The molecule has 0 aliphatic rings. The molecule has 0 saturated carbocycles. The molecule has 1 aromatic carbocycles. The molecule has 9 heteroatoms. The molecule has 2 aromatic rings. The molecular formula is C21H26F3N3O3. The first-order chi connectivity index (χ1) is 14.0. The van der Waals surface area contributed by atoms with Crippen molar-refractivity contribution >= 4 is 11.8 Å². The van der Waals surface area contributed by atoms with Crippen molar-refractivity contribution in [3.8, 4) is 0 Å². The maximum absolute atomic E-state index is 12.9. The number of benzene rings is 1. The highest BCUT2D eigenvalue weighted by Gasteiger charge is 2.30. The molecule has 2 unspecified atom stereocenters. The average Bonchev–Trinajstić information content (AvgIpc) is 3.06. The normalized spacial score (nSPS) is 14.0. The third-order valence-electron chi connectivity index (χ3n) is 4.72. The zero-order valence-corrected chi connectivity index (χ0v) is 17.1. The molecule has 0 amide bonds. The zero-order chi connectivity index (χ0) is 22.5. The van der Waals surface area contributed by atoms with Crippen molar-refractivity contribution in [2.75, 3.05) is 0 Å². The molecule has 0 bridgehead atoms. The Kier molecular flexibility index (Phi) is 7.77. The number of nitrogens with zero attached hydrogens (tertiary/aromatic N) is 2. The number of Topliss-reactive ketones (excluding diaryl/α,β-unsaturated/α-hetero) is 1. The summed E-state index contributed by atoms with van der Waals surface area (Å²) in [5, 5.41) is 12.5. The SMILES string of the molecule is CC(=O)C(CC(C)C)NC(Cc1cncn1Cc1cccc(C(F)(F)F)c1)C(=O)O. The maximum atomic E-state index is 12.9. The second-order valence-corrected chi connectivity index (χ2v) is 7.77. The predicted octanol–water partition coefficient (Wildman–Crippen LogP) is 3.54. The lowest BCUT2D eigenvalue weighted by Crippen LogP contribution is -2.48. The standard InChI is InChI=1S/C21H26F3N3O3/c1-13(2)7-18(14(3)28)26-19(20(29)30)9-17-10-25-12-27(17)11-15-5-4-6-16(8-15)21(22,23)24/h4-6,8,10,12-13,18-19,26H,7,9,11H2,1-3H3,(H,29,30). The van der Waals surface area contributed by atoms with Crippen LogP contribution in [0.3, 0.4) is 0 Å². The minimum Gasteiger partial charge on any atom is -0.480 e. The number of rotatable bonds is 10. The van der Waals surface area contributed by atoms with Crippen LogP contribution >= 0.6 is 0 Å². The molecule has 0 saturated heterocycles. The van der Waals surface area contributed by atoms with Gasteiger partial charge in [0.1, 0.15) is 11.8 Å². The number of carboxylic acid groups (broad SMARTS) is 1. The number of aliphatic carboxylic acids is 1. The molecular weight excluding hydrogens is 399 g/mol. The van der Waals surface area contributed by atoms with Gasteiger partial charge in [-0.1, -0.05) is 26.0 Å². The number of halogens is 3. The van der Waals surface area contributed by atoms with Crippen LogP contribution in [0.2, 0.25) is 0 Å². The van der Waals surface area contributed by atoms with E-state index in [1.54, 1.807) is 10.6 Å². The molecule has 0 spiro atoms. The Hall–Kier alpha value is -2.68. The van der Waals surface area contributed by atoms with E-state index in [2.05, 4.69) is 10.3 Å². The van der Waals surface area contributed by atoms with Gasteiger partial charge < -0.3 is 9.67 Å². The van der Waals surface area contributed by atoms with Crippen LogP contribution in [0.5, 0.6) is 0 Å². The summed E-state index contributed by atoms with van der Waals surface area (Å²) < 4.78 is 40.4. The Balaban J connectivity index is 2.18. The van der Waals surface area contributed by atoms with Crippen LogP contribution in [0.15, 0.2) is 36.8 Å². The summed E-state index contributed by atoms with van der Waals surface area (Å²) in [6.45, 7) is 5.42. The highest BCUT2D eigenvalue weighted by molar-refractivity contribution is 5.83. The number of nitrogens with one attached hydrogen (secondary N) is 1. The Labute approximate surface area is 173 Å². The summed E-state index contributed by atoms with van der Waals surface area (Å²) in [7, 11) is 0. The Morgan fingerprint density at radius 3 is 2.50 bits per heavy atom. The second-order valence-electron chi connectivity index (χ2n) is 7.77. The van der Waals surface area contributed by atoms with Crippen LogP contribution in [0.25, 0.3) is 0 Å². The molecule has 1 heterocycles. The average molecular weight is 425 g/mol. The quantitative estimate of drug-likeness (QED) is 0.608. The molecule has 2 N–H and O–H groups in total. The molecule has 2 atom stereocenters. The van der Waals surface area contributed by atoms with Crippen LogP contribution in [0.4, 0.5) is 13.2 Å². The van der Waals surface area contributed by atoms with Gasteiger partial charge >= 0.3 is 12.1 Å². The summed E-state index contributed by atoms with van der Waals surface area (Å²) in [6.07, 6.45) is -0.968. The van der Waals surface area contributed by atoms with Gasteiger partial charge in [0.25, 0.3) is 0 Å². The van der Waals surface area contributed by atoms with Crippen LogP contribution in [-0.2, 0) is 28.7 Å². The van der Waals surface area contributed by atoms with Gasteiger partial charge in [-0.25, -0.2) is 4.98 Å². The fourth-order valence-corrected chi connectivity index (χ4v) is 3.20. The number of hydrogen-bond acceptors (Lipinski definition) is 4. The molecule has 164 valence electrons. The summed E-state index contributed by atoms with van der Waals surface area (Å²) in [4.78, 5) is 27.7. The van der Waals surface area contributed by atoms with E-state index < -0.39 is 29.8 Å². The molecule has 0 radical (unpaired) electrons. The predicted molar refractivity (Wildman–Crippen MR) is 105 cm³/mol. The van der Waals surface area contributed by atoms with E-state index in [1.807, 2.05) is 13.8 Å². The number of carboxylic acids is 1.